The second-order valence-electron chi connectivity index (χ2n) is 3.95. The van der Waals surface area contributed by atoms with Gasteiger partial charge in [-0.3, -0.25) is 4.98 Å². The molecule has 0 aliphatic heterocycles. The molecular weight excluding hydrogens is 186 g/mol. The number of benzene rings is 1. The SMILES string of the molecule is CCC(C)c1ccc2ncc(O)cc2c1. The van der Waals surface area contributed by atoms with Crippen LogP contribution < -0.4 is 0 Å². The highest BCUT2D eigenvalue weighted by molar-refractivity contribution is 5.80. The molecule has 0 saturated carbocycles. The van der Waals surface area contributed by atoms with Crippen LogP contribution in [-0.2, 0) is 0 Å². The molecule has 0 spiro atoms. The van der Waals surface area contributed by atoms with E-state index in [9.17, 15) is 5.11 Å². The summed E-state index contributed by atoms with van der Waals surface area (Å²) in [5, 5.41) is 10.4. The second-order valence-corrected chi connectivity index (χ2v) is 3.95. The van der Waals surface area contributed by atoms with Gasteiger partial charge in [-0.15, -0.1) is 0 Å². The van der Waals surface area contributed by atoms with E-state index in [0.717, 1.165) is 17.3 Å². The highest BCUT2D eigenvalue weighted by Crippen LogP contribution is 2.24. The first-order chi connectivity index (χ1) is 7.20. The molecule has 1 aromatic heterocycles. The van der Waals surface area contributed by atoms with Gasteiger partial charge < -0.3 is 5.11 Å². The predicted octanol–water partition coefficient (Wildman–Crippen LogP) is 3.45. The zero-order valence-corrected chi connectivity index (χ0v) is 9.07. The van der Waals surface area contributed by atoms with E-state index in [2.05, 4.69) is 31.0 Å². The third kappa shape index (κ3) is 1.94. The number of aromatic nitrogens is 1. The van der Waals surface area contributed by atoms with E-state index in [-0.39, 0.29) is 5.75 Å². The summed E-state index contributed by atoms with van der Waals surface area (Å²) in [6.45, 7) is 4.38. The summed E-state index contributed by atoms with van der Waals surface area (Å²) in [7, 11) is 0. The lowest BCUT2D eigenvalue weighted by Crippen LogP contribution is -1.91. The average molecular weight is 201 g/mol. The van der Waals surface area contributed by atoms with Gasteiger partial charge in [0.05, 0.1) is 11.7 Å². The van der Waals surface area contributed by atoms with Crippen LogP contribution in [0, 0.1) is 0 Å². The van der Waals surface area contributed by atoms with Crippen molar-refractivity contribution in [2.45, 2.75) is 26.2 Å². The summed E-state index contributed by atoms with van der Waals surface area (Å²) in [5.41, 5.74) is 2.23. The van der Waals surface area contributed by atoms with Crippen molar-refractivity contribution in [2.75, 3.05) is 0 Å². The van der Waals surface area contributed by atoms with Crippen LogP contribution in [0.5, 0.6) is 5.75 Å². The summed E-state index contributed by atoms with van der Waals surface area (Å²) in [6.07, 6.45) is 2.60. The van der Waals surface area contributed by atoms with Crippen LogP contribution in [-0.4, -0.2) is 10.1 Å². The van der Waals surface area contributed by atoms with Gasteiger partial charge in [-0.05, 0) is 36.1 Å². The average Bonchev–Trinajstić information content (AvgIpc) is 2.27. The largest absolute Gasteiger partial charge is 0.506 e. The Kier molecular flexibility index (Phi) is 2.58. The summed E-state index contributed by atoms with van der Waals surface area (Å²) in [6, 6.07) is 7.99. The normalized spacial score (nSPS) is 12.9. The van der Waals surface area contributed by atoms with Gasteiger partial charge in [0.1, 0.15) is 5.75 Å². The van der Waals surface area contributed by atoms with Gasteiger partial charge in [-0.1, -0.05) is 19.9 Å². The summed E-state index contributed by atoms with van der Waals surface area (Å²) in [5.74, 6) is 0.778. The number of aromatic hydroxyl groups is 1. The quantitative estimate of drug-likeness (QED) is 0.807. The van der Waals surface area contributed by atoms with Crippen molar-refractivity contribution >= 4 is 10.9 Å². The van der Waals surface area contributed by atoms with Crippen molar-refractivity contribution in [1.82, 2.24) is 4.98 Å². The smallest absolute Gasteiger partial charge is 0.134 e. The Labute approximate surface area is 89.6 Å². The third-order valence-electron chi connectivity index (χ3n) is 2.87. The van der Waals surface area contributed by atoms with Crippen molar-refractivity contribution in [1.29, 1.82) is 0 Å². The molecule has 1 unspecified atom stereocenters. The van der Waals surface area contributed by atoms with Crippen molar-refractivity contribution in [2.24, 2.45) is 0 Å². The van der Waals surface area contributed by atoms with Gasteiger partial charge in [-0.25, -0.2) is 0 Å². The van der Waals surface area contributed by atoms with Crippen LogP contribution in [0.2, 0.25) is 0 Å². The molecule has 2 nitrogen and oxygen atoms in total. The monoisotopic (exact) mass is 201 g/mol. The number of nitrogens with zero attached hydrogens (tertiary/aromatic N) is 1. The highest BCUT2D eigenvalue weighted by Gasteiger charge is 2.04. The van der Waals surface area contributed by atoms with Crippen LogP contribution in [0.15, 0.2) is 30.5 Å². The summed E-state index contributed by atoms with van der Waals surface area (Å²) >= 11 is 0. The minimum absolute atomic E-state index is 0.226. The van der Waals surface area contributed by atoms with Crippen LogP contribution in [0.4, 0.5) is 0 Å². The topological polar surface area (TPSA) is 33.1 Å². The summed E-state index contributed by atoms with van der Waals surface area (Å²) in [4.78, 5) is 4.16. The lowest BCUT2D eigenvalue weighted by Gasteiger charge is -2.09. The van der Waals surface area contributed by atoms with Crippen molar-refractivity contribution in [3.63, 3.8) is 0 Å². The molecule has 2 aromatic rings. The molecule has 0 aliphatic carbocycles. The number of rotatable bonds is 2. The molecule has 0 bridgehead atoms. The molecule has 78 valence electrons. The molecule has 2 rings (SSSR count). The molecular formula is C13H15NO. The zero-order chi connectivity index (χ0) is 10.8. The number of hydrogen-bond acceptors (Lipinski definition) is 2. The Balaban J connectivity index is 2.54. The molecule has 0 fully saturated rings. The van der Waals surface area contributed by atoms with Crippen LogP contribution in [0.1, 0.15) is 31.7 Å². The molecule has 2 heteroatoms. The van der Waals surface area contributed by atoms with Crippen LogP contribution in [0.25, 0.3) is 10.9 Å². The first-order valence-corrected chi connectivity index (χ1v) is 5.29. The van der Waals surface area contributed by atoms with E-state index in [1.165, 1.54) is 11.8 Å². The van der Waals surface area contributed by atoms with Crippen LogP contribution in [0.3, 0.4) is 0 Å². The maximum atomic E-state index is 9.35. The van der Waals surface area contributed by atoms with Gasteiger partial charge in [0.15, 0.2) is 0 Å². The predicted molar refractivity (Wildman–Crippen MR) is 62.1 cm³/mol. The number of hydrogen-bond donors (Lipinski definition) is 1. The lowest BCUT2D eigenvalue weighted by atomic mass is 9.97. The van der Waals surface area contributed by atoms with E-state index < -0.39 is 0 Å². The maximum Gasteiger partial charge on any atom is 0.134 e. The summed E-state index contributed by atoms with van der Waals surface area (Å²) < 4.78 is 0. The molecule has 1 atom stereocenters. The van der Waals surface area contributed by atoms with Crippen molar-refractivity contribution in [3.05, 3.63) is 36.0 Å². The fourth-order valence-corrected chi connectivity index (χ4v) is 1.68. The van der Waals surface area contributed by atoms with E-state index in [1.807, 2.05) is 6.07 Å². The molecule has 1 heterocycles. The van der Waals surface area contributed by atoms with Gasteiger partial charge >= 0.3 is 0 Å². The fourth-order valence-electron chi connectivity index (χ4n) is 1.68. The number of fused-ring (bicyclic) bond motifs is 1. The minimum atomic E-state index is 0.226. The Morgan fingerprint density at radius 3 is 2.87 bits per heavy atom. The van der Waals surface area contributed by atoms with Crippen molar-refractivity contribution in [3.8, 4) is 5.75 Å². The first kappa shape index (κ1) is 9.97. The van der Waals surface area contributed by atoms with Gasteiger partial charge in [0, 0.05) is 5.39 Å². The van der Waals surface area contributed by atoms with E-state index in [1.54, 1.807) is 6.07 Å². The molecule has 0 amide bonds. The Morgan fingerprint density at radius 2 is 2.13 bits per heavy atom. The molecule has 0 saturated heterocycles. The lowest BCUT2D eigenvalue weighted by molar-refractivity contribution is 0.474. The molecule has 1 aromatic carbocycles. The number of pyridine rings is 1. The molecule has 15 heavy (non-hydrogen) atoms. The van der Waals surface area contributed by atoms with E-state index >= 15 is 0 Å². The van der Waals surface area contributed by atoms with Gasteiger partial charge in [-0.2, -0.15) is 0 Å². The molecule has 0 aliphatic rings. The Hall–Kier alpha value is -1.57. The maximum absolute atomic E-state index is 9.35. The third-order valence-corrected chi connectivity index (χ3v) is 2.87. The minimum Gasteiger partial charge on any atom is -0.506 e. The van der Waals surface area contributed by atoms with Crippen molar-refractivity contribution < 1.29 is 5.11 Å². The second kappa shape index (κ2) is 3.89. The first-order valence-electron chi connectivity index (χ1n) is 5.29. The van der Waals surface area contributed by atoms with Crippen LogP contribution >= 0.6 is 0 Å². The van der Waals surface area contributed by atoms with Gasteiger partial charge in [0.25, 0.3) is 0 Å². The Bertz CT molecular complexity index is 479. The molecule has 1 N–H and O–H groups in total. The van der Waals surface area contributed by atoms with Gasteiger partial charge in [0.2, 0.25) is 0 Å². The fraction of sp³-hybridized carbons (Fsp3) is 0.308. The molecule has 0 radical (unpaired) electrons. The van der Waals surface area contributed by atoms with E-state index in [4.69, 9.17) is 0 Å². The standard InChI is InChI=1S/C13H15NO/c1-3-9(2)10-4-5-13-11(6-10)7-12(15)8-14-13/h4-9,15H,3H2,1-2H3. The van der Waals surface area contributed by atoms with E-state index in [0.29, 0.717) is 5.92 Å². The Morgan fingerprint density at radius 1 is 1.33 bits per heavy atom. The highest BCUT2D eigenvalue weighted by atomic mass is 16.3. The zero-order valence-electron chi connectivity index (χ0n) is 9.07.